The molecule has 2 nitrogen and oxygen atoms in total. The quantitative estimate of drug-likeness (QED) is 0.721. The van der Waals surface area contributed by atoms with Crippen molar-refractivity contribution in [2.45, 2.75) is 39.5 Å². The van der Waals surface area contributed by atoms with Crippen molar-refractivity contribution in [1.82, 2.24) is 0 Å². The molecule has 4 heteroatoms. The zero-order valence-corrected chi connectivity index (χ0v) is 7.53. The lowest BCUT2D eigenvalue weighted by molar-refractivity contribution is -0.169. The van der Waals surface area contributed by atoms with Gasteiger partial charge in [-0.3, -0.25) is 0 Å². The van der Waals surface area contributed by atoms with Crippen LogP contribution in [-0.4, -0.2) is 17.0 Å². The van der Waals surface area contributed by atoms with Gasteiger partial charge in [0.2, 0.25) is 0 Å². The second-order valence-corrected chi connectivity index (χ2v) is 3.70. The topological polar surface area (TPSA) is 37.3 Å². The molecule has 0 aliphatic rings. The standard InChI is InChI=1S/C8H14F2O2/c1-4-7(2,3)5-8(9,10)6(11)12/h4-5H2,1-3H3,(H,11,12). The van der Waals surface area contributed by atoms with Gasteiger partial charge in [0.1, 0.15) is 0 Å². The van der Waals surface area contributed by atoms with Gasteiger partial charge >= 0.3 is 11.9 Å². The molecule has 0 saturated heterocycles. The Hall–Kier alpha value is -0.670. The number of carboxylic acid groups (broad SMARTS) is 1. The maximum Gasteiger partial charge on any atom is 0.374 e. The van der Waals surface area contributed by atoms with Crippen molar-refractivity contribution in [1.29, 1.82) is 0 Å². The first-order valence-corrected chi connectivity index (χ1v) is 3.82. The number of hydrogen-bond acceptors (Lipinski definition) is 1. The zero-order valence-electron chi connectivity index (χ0n) is 7.53. The molecule has 0 amide bonds. The highest BCUT2D eigenvalue weighted by atomic mass is 19.3. The van der Waals surface area contributed by atoms with Gasteiger partial charge in [-0.05, 0) is 5.41 Å². The Labute approximate surface area is 70.6 Å². The van der Waals surface area contributed by atoms with Crippen LogP contribution < -0.4 is 0 Å². The Kier molecular flexibility index (Phi) is 3.18. The predicted octanol–water partition coefficient (Wildman–Crippen LogP) is 2.53. The Morgan fingerprint density at radius 1 is 1.42 bits per heavy atom. The molecule has 0 heterocycles. The number of rotatable bonds is 4. The second kappa shape index (κ2) is 3.37. The summed E-state index contributed by atoms with van der Waals surface area (Å²) >= 11 is 0. The Balaban J connectivity index is 4.34. The fourth-order valence-electron chi connectivity index (χ4n) is 0.802. The summed E-state index contributed by atoms with van der Waals surface area (Å²) in [6, 6.07) is 0. The largest absolute Gasteiger partial charge is 0.477 e. The molecule has 72 valence electrons. The molecule has 0 radical (unpaired) electrons. The molecule has 0 aromatic carbocycles. The molecule has 1 N–H and O–H groups in total. The first-order valence-electron chi connectivity index (χ1n) is 3.82. The minimum atomic E-state index is -3.60. The van der Waals surface area contributed by atoms with Crippen LogP contribution in [0.15, 0.2) is 0 Å². The van der Waals surface area contributed by atoms with Gasteiger partial charge in [0.15, 0.2) is 0 Å². The van der Waals surface area contributed by atoms with Crippen LogP contribution >= 0.6 is 0 Å². The van der Waals surface area contributed by atoms with Crippen LogP contribution in [0.25, 0.3) is 0 Å². The number of alkyl halides is 2. The molecular weight excluding hydrogens is 166 g/mol. The Bertz CT molecular complexity index is 176. The van der Waals surface area contributed by atoms with Gasteiger partial charge < -0.3 is 5.11 Å². The summed E-state index contributed by atoms with van der Waals surface area (Å²) in [6.07, 6.45) is -0.0678. The van der Waals surface area contributed by atoms with E-state index in [9.17, 15) is 13.6 Å². The molecule has 0 saturated carbocycles. The summed E-state index contributed by atoms with van der Waals surface area (Å²) in [5.41, 5.74) is -0.623. The fraction of sp³-hybridized carbons (Fsp3) is 0.875. The summed E-state index contributed by atoms with van der Waals surface area (Å²) < 4.78 is 25.3. The zero-order chi connectivity index (χ0) is 9.99. The van der Waals surface area contributed by atoms with Gasteiger partial charge in [-0.1, -0.05) is 27.2 Å². The van der Waals surface area contributed by atoms with Crippen molar-refractivity contribution >= 4 is 5.97 Å². The van der Waals surface area contributed by atoms with Crippen molar-refractivity contribution < 1.29 is 18.7 Å². The van der Waals surface area contributed by atoms with Crippen molar-refractivity contribution in [3.05, 3.63) is 0 Å². The number of carboxylic acids is 1. The summed E-state index contributed by atoms with van der Waals surface area (Å²) in [5.74, 6) is -5.64. The van der Waals surface area contributed by atoms with E-state index >= 15 is 0 Å². The number of carbonyl (C=O) groups is 1. The van der Waals surface area contributed by atoms with Crippen molar-refractivity contribution in [3.8, 4) is 0 Å². The van der Waals surface area contributed by atoms with E-state index in [1.165, 1.54) is 0 Å². The highest BCUT2D eigenvalue weighted by molar-refractivity contribution is 5.75. The SMILES string of the molecule is CCC(C)(C)CC(F)(F)C(=O)O. The Morgan fingerprint density at radius 3 is 2.08 bits per heavy atom. The van der Waals surface area contributed by atoms with Crippen molar-refractivity contribution in [2.75, 3.05) is 0 Å². The Morgan fingerprint density at radius 2 is 1.83 bits per heavy atom. The third kappa shape index (κ3) is 3.15. The summed E-state index contributed by atoms with van der Waals surface area (Å²) in [5, 5.41) is 8.15. The lowest BCUT2D eigenvalue weighted by atomic mass is 9.84. The van der Waals surface area contributed by atoms with E-state index in [2.05, 4.69) is 0 Å². The van der Waals surface area contributed by atoms with Crippen molar-refractivity contribution in [2.24, 2.45) is 5.41 Å². The van der Waals surface area contributed by atoms with E-state index in [0.29, 0.717) is 6.42 Å². The molecule has 12 heavy (non-hydrogen) atoms. The van der Waals surface area contributed by atoms with Crippen LogP contribution in [0.5, 0.6) is 0 Å². The minimum Gasteiger partial charge on any atom is -0.477 e. The number of hydrogen-bond donors (Lipinski definition) is 1. The van der Waals surface area contributed by atoms with E-state index < -0.39 is 23.7 Å². The normalized spacial score (nSPS) is 13.1. The maximum absolute atomic E-state index is 12.6. The van der Waals surface area contributed by atoms with E-state index in [-0.39, 0.29) is 0 Å². The number of aliphatic carboxylic acids is 1. The first-order chi connectivity index (χ1) is 5.21. The third-order valence-corrected chi connectivity index (χ3v) is 1.97. The van der Waals surface area contributed by atoms with Gasteiger partial charge in [0, 0.05) is 6.42 Å². The summed E-state index contributed by atoms with van der Waals surface area (Å²) in [4.78, 5) is 10.1. The maximum atomic E-state index is 12.6. The highest BCUT2D eigenvalue weighted by Crippen LogP contribution is 2.34. The molecule has 0 aromatic rings. The van der Waals surface area contributed by atoms with E-state index in [1.807, 2.05) is 0 Å². The minimum absolute atomic E-state index is 0.538. The van der Waals surface area contributed by atoms with Gasteiger partial charge in [-0.15, -0.1) is 0 Å². The highest BCUT2D eigenvalue weighted by Gasteiger charge is 2.43. The van der Waals surface area contributed by atoms with E-state index in [0.717, 1.165) is 0 Å². The van der Waals surface area contributed by atoms with Crippen molar-refractivity contribution in [3.63, 3.8) is 0 Å². The summed E-state index contributed by atoms with van der Waals surface area (Å²) in [6.45, 7) is 5.02. The molecule has 0 spiro atoms. The lowest BCUT2D eigenvalue weighted by Crippen LogP contribution is -2.33. The lowest BCUT2D eigenvalue weighted by Gasteiger charge is -2.25. The van der Waals surface area contributed by atoms with E-state index in [1.54, 1.807) is 20.8 Å². The molecule has 0 bridgehead atoms. The van der Waals surface area contributed by atoms with Gasteiger partial charge in [0.05, 0.1) is 0 Å². The molecule has 0 atom stereocenters. The average molecular weight is 180 g/mol. The van der Waals surface area contributed by atoms with Crippen LogP contribution in [0.1, 0.15) is 33.6 Å². The predicted molar refractivity (Wildman–Crippen MR) is 41.3 cm³/mol. The molecule has 0 aliphatic heterocycles. The third-order valence-electron chi connectivity index (χ3n) is 1.97. The van der Waals surface area contributed by atoms with Crippen LogP contribution in [0.2, 0.25) is 0 Å². The van der Waals surface area contributed by atoms with E-state index in [4.69, 9.17) is 5.11 Å². The molecule has 0 aromatic heterocycles. The number of halogens is 2. The molecule has 0 fully saturated rings. The van der Waals surface area contributed by atoms with Gasteiger partial charge in [-0.25, -0.2) is 4.79 Å². The molecule has 0 rings (SSSR count). The first kappa shape index (κ1) is 11.3. The van der Waals surface area contributed by atoms with Gasteiger partial charge in [-0.2, -0.15) is 8.78 Å². The monoisotopic (exact) mass is 180 g/mol. The fourth-order valence-corrected chi connectivity index (χ4v) is 0.802. The second-order valence-electron chi connectivity index (χ2n) is 3.70. The van der Waals surface area contributed by atoms with Crippen LogP contribution in [0.4, 0.5) is 8.78 Å². The van der Waals surface area contributed by atoms with Crippen LogP contribution in [0.3, 0.4) is 0 Å². The molecule has 0 unspecified atom stereocenters. The van der Waals surface area contributed by atoms with Gasteiger partial charge in [0.25, 0.3) is 0 Å². The summed E-state index contributed by atoms with van der Waals surface area (Å²) in [7, 11) is 0. The van der Waals surface area contributed by atoms with Crippen LogP contribution in [0, 0.1) is 5.41 Å². The molecule has 0 aliphatic carbocycles. The van der Waals surface area contributed by atoms with Crippen LogP contribution in [-0.2, 0) is 4.79 Å². The smallest absolute Gasteiger partial charge is 0.374 e. The molecular formula is C8H14F2O2. The average Bonchev–Trinajstić information content (AvgIpc) is 1.85.